The van der Waals surface area contributed by atoms with Gasteiger partial charge in [-0.2, -0.15) is 13.2 Å². The fourth-order valence-electron chi connectivity index (χ4n) is 3.31. The molecule has 1 N–H and O–H groups in total. The monoisotopic (exact) mass is 441 g/mol. The summed E-state index contributed by atoms with van der Waals surface area (Å²) >= 11 is 1.47. The molecule has 4 nitrogen and oxygen atoms in total. The van der Waals surface area contributed by atoms with Gasteiger partial charge in [0.05, 0.1) is 22.7 Å². The third-order valence-electron chi connectivity index (χ3n) is 4.84. The van der Waals surface area contributed by atoms with Gasteiger partial charge in [0.25, 0.3) is 0 Å². The zero-order valence-corrected chi connectivity index (χ0v) is 17.3. The maximum atomic E-state index is 12.6. The predicted molar refractivity (Wildman–Crippen MR) is 115 cm³/mol. The second-order valence-corrected chi connectivity index (χ2v) is 8.25. The third-order valence-corrected chi connectivity index (χ3v) is 6.00. The average Bonchev–Trinajstić information content (AvgIpc) is 3.06. The minimum absolute atomic E-state index is 0.0798. The molecule has 1 amide bonds. The lowest BCUT2D eigenvalue weighted by Crippen LogP contribution is -2.15. The molecule has 0 aliphatic heterocycles. The molecular weight excluding hydrogens is 423 g/mol. The van der Waals surface area contributed by atoms with Gasteiger partial charge in [0, 0.05) is 17.5 Å². The van der Waals surface area contributed by atoms with E-state index in [1.165, 1.54) is 16.7 Å². The molecule has 158 valence electrons. The summed E-state index contributed by atoms with van der Waals surface area (Å²) in [6.45, 7) is 1.85. The summed E-state index contributed by atoms with van der Waals surface area (Å²) in [7, 11) is 0. The molecular formula is C23H18F3N3OS. The number of carbonyl (C=O) groups excluding carboxylic acids is 1. The number of halogens is 3. The maximum absolute atomic E-state index is 12.6. The van der Waals surface area contributed by atoms with E-state index in [0.29, 0.717) is 12.6 Å². The molecule has 0 fully saturated rings. The van der Waals surface area contributed by atoms with Crippen molar-refractivity contribution in [3.8, 4) is 0 Å². The number of rotatable bonds is 5. The van der Waals surface area contributed by atoms with Gasteiger partial charge in [-0.3, -0.25) is 4.79 Å². The lowest BCUT2D eigenvalue weighted by atomic mass is 10.0. The van der Waals surface area contributed by atoms with E-state index in [-0.39, 0.29) is 18.1 Å². The highest BCUT2D eigenvalue weighted by molar-refractivity contribution is 7.11. The molecule has 2 aromatic heterocycles. The molecule has 0 spiro atoms. The van der Waals surface area contributed by atoms with E-state index in [9.17, 15) is 18.0 Å². The normalized spacial score (nSPS) is 11.6. The summed E-state index contributed by atoms with van der Waals surface area (Å²) in [6, 6.07) is 16.3. The van der Waals surface area contributed by atoms with E-state index in [4.69, 9.17) is 0 Å². The van der Waals surface area contributed by atoms with Gasteiger partial charge in [-0.15, -0.1) is 11.3 Å². The Morgan fingerprint density at radius 3 is 2.58 bits per heavy atom. The lowest BCUT2D eigenvalue weighted by Gasteiger charge is -2.07. The number of nitrogens with zero attached hydrogens (tertiary/aromatic N) is 2. The second-order valence-electron chi connectivity index (χ2n) is 7.09. The van der Waals surface area contributed by atoms with E-state index >= 15 is 0 Å². The SMILES string of the molecule is Cc1nc(Cc2cccc3ccccc23)sc1CC(=O)Nc1ccc(C(F)(F)F)cn1. The number of aromatic nitrogens is 2. The van der Waals surface area contributed by atoms with Crippen LogP contribution in [0.1, 0.15) is 26.7 Å². The van der Waals surface area contributed by atoms with E-state index in [0.717, 1.165) is 38.7 Å². The smallest absolute Gasteiger partial charge is 0.310 e. The fraction of sp³-hybridized carbons (Fsp3) is 0.174. The van der Waals surface area contributed by atoms with Crippen LogP contribution in [0.2, 0.25) is 0 Å². The van der Waals surface area contributed by atoms with Crippen LogP contribution >= 0.6 is 11.3 Å². The van der Waals surface area contributed by atoms with Crippen LogP contribution in [0.5, 0.6) is 0 Å². The Kier molecular flexibility index (Phi) is 5.73. The van der Waals surface area contributed by atoms with Crippen molar-refractivity contribution in [3.05, 3.63) is 87.5 Å². The highest BCUT2D eigenvalue weighted by Gasteiger charge is 2.30. The fourth-order valence-corrected chi connectivity index (χ4v) is 4.40. The largest absolute Gasteiger partial charge is 0.417 e. The van der Waals surface area contributed by atoms with Crippen molar-refractivity contribution in [1.29, 1.82) is 0 Å². The minimum Gasteiger partial charge on any atom is -0.310 e. The topological polar surface area (TPSA) is 54.9 Å². The molecule has 0 radical (unpaired) electrons. The van der Waals surface area contributed by atoms with Gasteiger partial charge in [-0.1, -0.05) is 42.5 Å². The quantitative estimate of drug-likeness (QED) is 0.426. The molecule has 0 atom stereocenters. The Morgan fingerprint density at radius 2 is 1.84 bits per heavy atom. The molecule has 0 unspecified atom stereocenters. The molecule has 31 heavy (non-hydrogen) atoms. The summed E-state index contributed by atoms with van der Waals surface area (Å²) in [5.74, 6) is -0.271. The van der Waals surface area contributed by atoms with Crippen molar-refractivity contribution >= 4 is 33.8 Å². The number of nitrogens with one attached hydrogen (secondary N) is 1. The summed E-state index contributed by atoms with van der Waals surface area (Å²) in [5, 5.41) is 5.78. The first-order valence-corrected chi connectivity index (χ1v) is 10.4. The number of fused-ring (bicyclic) bond motifs is 1. The molecule has 0 saturated carbocycles. The molecule has 0 aliphatic rings. The van der Waals surface area contributed by atoms with Crippen molar-refractivity contribution in [2.75, 3.05) is 5.32 Å². The van der Waals surface area contributed by atoms with Gasteiger partial charge in [0.15, 0.2) is 0 Å². The van der Waals surface area contributed by atoms with Crippen molar-refractivity contribution in [1.82, 2.24) is 9.97 Å². The van der Waals surface area contributed by atoms with Crippen molar-refractivity contribution in [3.63, 3.8) is 0 Å². The van der Waals surface area contributed by atoms with Crippen LogP contribution in [-0.2, 0) is 23.8 Å². The van der Waals surface area contributed by atoms with Crippen LogP contribution in [0, 0.1) is 6.92 Å². The number of pyridine rings is 1. The summed E-state index contributed by atoms with van der Waals surface area (Å²) in [4.78, 5) is 21.5. The van der Waals surface area contributed by atoms with E-state index in [2.05, 4.69) is 39.6 Å². The second kappa shape index (κ2) is 8.47. The maximum Gasteiger partial charge on any atom is 0.417 e. The van der Waals surface area contributed by atoms with Gasteiger partial charge in [0.2, 0.25) is 5.91 Å². The number of alkyl halides is 3. The molecule has 2 heterocycles. The Morgan fingerprint density at radius 1 is 1.06 bits per heavy atom. The molecule has 4 rings (SSSR count). The Bertz CT molecular complexity index is 1230. The summed E-state index contributed by atoms with van der Waals surface area (Å²) < 4.78 is 37.9. The zero-order chi connectivity index (χ0) is 22.0. The minimum atomic E-state index is -4.46. The third kappa shape index (κ3) is 4.91. The van der Waals surface area contributed by atoms with Crippen molar-refractivity contribution in [2.24, 2.45) is 0 Å². The van der Waals surface area contributed by atoms with Crippen LogP contribution in [0.15, 0.2) is 60.8 Å². The molecule has 8 heteroatoms. The molecule has 0 bridgehead atoms. The van der Waals surface area contributed by atoms with Gasteiger partial charge >= 0.3 is 6.18 Å². The first-order chi connectivity index (χ1) is 14.8. The highest BCUT2D eigenvalue weighted by Crippen LogP contribution is 2.29. The van der Waals surface area contributed by atoms with Gasteiger partial charge in [-0.05, 0) is 35.4 Å². The number of carbonyl (C=O) groups is 1. The number of anilines is 1. The molecule has 4 aromatic rings. The summed E-state index contributed by atoms with van der Waals surface area (Å²) in [5.41, 5.74) is 1.08. The van der Waals surface area contributed by atoms with Crippen molar-refractivity contribution in [2.45, 2.75) is 25.9 Å². The standard InChI is InChI=1S/C23H18F3N3OS/c1-14-19(12-21(30)29-20-10-9-17(13-27-20)23(24,25)26)31-22(28-14)11-16-7-4-6-15-5-2-3-8-18(15)16/h2-10,13H,11-12H2,1H3,(H,27,29,30). The number of thiazole rings is 1. The van der Waals surface area contributed by atoms with Crippen LogP contribution in [0.25, 0.3) is 10.8 Å². The number of amides is 1. The van der Waals surface area contributed by atoms with Crippen LogP contribution in [-0.4, -0.2) is 15.9 Å². The number of aryl methyl sites for hydroxylation is 1. The Hall–Kier alpha value is -3.26. The lowest BCUT2D eigenvalue weighted by molar-refractivity contribution is -0.137. The molecule has 0 aliphatic carbocycles. The van der Waals surface area contributed by atoms with Gasteiger partial charge in [-0.25, -0.2) is 9.97 Å². The summed E-state index contributed by atoms with van der Waals surface area (Å²) in [6.07, 6.45) is -3.01. The van der Waals surface area contributed by atoms with Crippen LogP contribution in [0.4, 0.5) is 19.0 Å². The highest BCUT2D eigenvalue weighted by atomic mass is 32.1. The zero-order valence-electron chi connectivity index (χ0n) is 16.5. The Labute approximate surface area is 180 Å². The Balaban J connectivity index is 1.44. The number of hydrogen-bond acceptors (Lipinski definition) is 4. The molecule has 0 saturated heterocycles. The van der Waals surface area contributed by atoms with E-state index in [1.54, 1.807) is 0 Å². The van der Waals surface area contributed by atoms with Gasteiger partial charge in [0.1, 0.15) is 5.82 Å². The number of benzene rings is 2. The van der Waals surface area contributed by atoms with E-state index < -0.39 is 11.7 Å². The van der Waals surface area contributed by atoms with Crippen LogP contribution < -0.4 is 5.32 Å². The number of hydrogen-bond donors (Lipinski definition) is 1. The van der Waals surface area contributed by atoms with Crippen LogP contribution in [0.3, 0.4) is 0 Å². The first-order valence-electron chi connectivity index (χ1n) is 9.54. The predicted octanol–water partition coefficient (Wildman–Crippen LogP) is 5.79. The van der Waals surface area contributed by atoms with Gasteiger partial charge < -0.3 is 5.32 Å². The molecule has 2 aromatic carbocycles. The van der Waals surface area contributed by atoms with Crippen molar-refractivity contribution < 1.29 is 18.0 Å². The first kappa shape index (κ1) is 21.0. The average molecular weight is 441 g/mol. The van der Waals surface area contributed by atoms with E-state index in [1.807, 2.05) is 25.1 Å².